The molecule has 3 nitrogen and oxygen atoms in total. The van der Waals surface area contributed by atoms with Crippen LogP contribution in [0.2, 0.25) is 0 Å². The molecule has 6 heavy (non-hydrogen) atoms. The van der Waals surface area contributed by atoms with Crippen molar-refractivity contribution in [2.75, 3.05) is 0 Å². The van der Waals surface area contributed by atoms with E-state index in [0.717, 1.165) is 0 Å². The number of hydrogen-bond donors (Lipinski definition) is 0. The maximum atomic E-state index is 8.44. The van der Waals surface area contributed by atoms with Crippen molar-refractivity contribution in [3.05, 3.63) is 0 Å². The van der Waals surface area contributed by atoms with E-state index in [1.54, 1.807) is 0 Å². The first-order valence-corrected chi connectivity index (χ1v) is 1.50. The molecule has 0 amide bonds. The van der Waals surface area contributed by atoms with Crippen molar-refractivity contribution in [2.24, 2.45) is 0 Å². The molecule has 0 aliphatic heterocycles. The van der Waals surface area contributed by atoms with Gasteiger partial charge in [-0.2, -0.15) is 0 Å². The molecule has 0 aromatic heterocycles. The van der Waals surface area contributed by atoms with Crippen LogP contribution in [0, 0.1) is 0 Å². The van der Waals surface area contributed by atoms with Crippen LogP contribution >= 0.6 is 0 Å². The Kier molecular flexibility index (Phi) is 26.3. The minimum Gasteiger partial charge on any atom is -0.784 e. The predicted molar refractivity (Wildman–Crippen MR) is 15.5 cm³/mol. The zero-order valence-corrected chi connectivity index (χ0v) is 9.84. The average Bonchev–Trinajstić information content (AvgIpc) is 0.811. The van der Waals surface area contributed by atoms with E-state index >= 15 is 0 Å². The van der Waals surface area contributed by atoms with Crippen molar-refractivity contribution < 1.29 is 42.9 Å². The Bertz CT molecular complexity index is 33.8. The molecule has 0 atom stereocenters. The first-order valence-electron chi connectivity index (χ1n) is 0.500. The molecular weight excluding hydrogens is 310 g/mol. The molecular formula is NaO3PbS+. The SMILES string of the molecule is O=S([O-])[O-].[Na+].[Pb+2]. The van der Waals surface area contributed by atoms with Gasteiger partial charge in [0.2, 0.25) is 0 Å². The van der Waals surface area contributed by atoms with Gasteiger partial charge in [-0.15, -0.1) is 11.4 Å². The van der Waals surface area contributed by atoms with E-state index in [1.807, 2.05) is 0 Å². The summed E-state index contributed by atoms with van der Waals surface area (Å²) in [5.41, 5.74) is 0. The Balaban J connectivity index is -0.0000000450. The molecule has 0 saturated heterocycles. The summed E-state index contributed by atoms with van der Waals surface area (Å²) in [5.74, 6) is 0. The summed E-state index contributed by atoms with van der Waals surface area (Å²) in [4.78, 5) is 0. The van der Waals surface area contributed by atoms with Gasteiger partial charge in [0.25, 0.3) is 0 Å². The third kappa shape index (κ3) is 37.6. The average molecular weight is 310 g/mol. The van der Waals surface area contributed by atoms with E-state index in [9.17, 15) is 0 Å². The topological polar surface area (TPSA) is 63.2 Å². The maximum absolute atomic E-state index is 8.44. The van der Waals surface area contributed by atoms with E-state index in [-0.39, 0.29) is 56.9 Å². The summed E-state index contributed by atoms with van der Waals surface area (Å²) in [6, 6.07) is 0. The van der Waals surface area contributed by atoms with Gasteiger partial charge in [0.05, 0.1) is 0 Å². The third-order valence-corrected chi connectivity index (χ3v) is 0. The molecule has 0 bridgehead atoms. The van der Waals surface area contributed by atoms with Gasteiger partial charge in [0.1, 0.15) is 0 Å². The van der Waals surface area contributed by atoms with Gasteiger partial charge in [-0.05, 0) is 0 Å². The molecule has 0 fully saturated rings. The van der Waals surface area contributed by atoms with Crippen LogP contribution in [0.25, 0.3) is 0 Å². The van der Waals surface area contributed by atoms with Gasteiger partial charge in [0.15, 0.2) is 0 Å². The fourth-order valence-electron chi connectivity index (χ4n) is 0. The largest absolute Gasteiger partial charge is 2.00 e. The number of hydrogen-bond acceptors (Lipinski definition) is 3. The fraction of sp³-hybridized carbons (Fsp3) is 0. The molecule has 28 valence electrons. The van der Waals surface area contributed by atoms with Crippen molar-refractivity contribution in [2.45, 2.75) is 0 Å². The molecule has 0 aliphatic carbocycles. The smallest absolute Gasteiger partial charge is 0.784 e. The van der Waals surface area contributed by atoms with Crippen LogP contribution in [0.3, 0.4) is 0 Å². The van der Waals surface area contributed by atoms with E-state index < -0.39 is 11.4 Å². The Morgan fingerprint density at radius 3 is 1.33 bits per heavy atom. The minimum absolute atomic E-state index is 0. The van der Waals surface area contributed by atoms with Gasteiger partial charge >= 0.3 is 56.9 Å². The molecule has 0 aromatic rings. The molecule has 2 radical (unpaired) electrons. The van der Waals surface area contributed by atoms with Crippen LogP contribution in [0.1, 0.15) is 0 Å². The zero-order valence-electron chi connectivity index (χ0n) is 3.13. The monoisotopic (exact) mass is 311 g/mol. The summed E-state index contributed by atoms with van der Waals surface area (Å²) >= 11 is -3.11. The second-order valence-corrected chi connectivity index (χ2v) is 0.612. The van der Waals surface area contributed by atoms with Gasteiger partial charge in [-0.25, -0.2) is 0 Å². The first-order chi connectivity index (χ1) is 1.73. The van der Waals surface area contributed by atoms with Crippen LogP contribution in [-0.4, -0.2) is 40.6 Å². The quantitative estimate of drug-likeness (QED) is 0.335. The van der Waals surface area contributed by atoms with Gasteiger partial charge in [-0.1, -0.05) is 0 Å². The van der Waals surface area contributed by atoms with Crippen molar-refractivity contribution in [3.63, 3.8) is 0 Å². The van der Waals surface area contributed by atoms with Gasteiger partial charge in [0, 0.05) is 0 Å². The summed E-state index contributed by atoms with van der Waals surface area (Å²) in [7, 11) is 0. The summed E-state index contributed by atoms with van der Waals surface area (Å²) < 4.78 is 25.3. The van der Waals surface area contributed by atoms with Crippen LogP contribution in [0.4, 0.5) is 0 Å². The van der Waals surface area contributed by atoms with Gasteiger partial charge in [-0.3, -0.25) is 4.21 Å². The molecule has 0 unspecified atom stereocenters. The Hall–Kier alpha value is 1.99. The maximum Gasteiger partial charge on any atom is 2.00 e. The second-order valence-electron chi connectivity index (χ2n) is 0.204. The van der Waals surface area contributed by atoms with Crippen LogP contribution in [0.5, 0.6) is 0 Å². The molecule has 0 N–H and O–H groups in total. The third-order valence-electron chi connectivity index (χ3n) is 0. The summed E-state index contributed by atoms with van der Waals surface area (Å²) in [6.07, 6.45) is 0. The Morgan fingerprint density at radius 2 is 1.33 bits per heavy atom. The molecule has 0 rings (SSSR count). The summed E-state index contributed by atoms with van der Waals surface area (Å²) in [6.45, 7) is 0. The number of rotatable bonds is 0. The van der Waals surface area contributed by atoms with Crippen molar-refractivity contribution in [1.29, 1.82) is 0 Å². The van der Waals surface area contributed by atoms with Gasteiger partial charge < -0.3 is 9.11 Å². The molecule has 0 heterocycles. The van der Waals surface area contributed by atoms with Crippen LogP contribution in [0.15, 0.2) is 0 Å². The van der Waals surface area contributed by atoms with Crippen molar-refractivity contribution in [3.8, 4) is 0 Å². The fourth-order valence-corrected chi connectivity index (χ4v) is 0. The molecule has 6 heteroatoms. The predicted octanol–water partition coefficient (Wildman–Crippen LogP) is -4.38. The molecule has 0 aliphatic rings. The van der Waals surface area contributed by atoms with Crippen LogP contribution in [-0.2, 0) is 11.4 Å². The minimum atomic E-state index is -3.11. The normalized spacial score (nSPS) is 5.83. The standard InChI is InChI=1S/Na.H2O3S.Pb/c;1-4(2)3;/h;(H2,1,2,3);/q+1;;+2/p-2. The van der Waals surface area contributed by atoms with Crippen molar-refractivity contribution >= 4 is 38.7 Å². The molecule has 0 saturated carbocycles. The van der Waals surface area contributed by atoms with E-state index in [0.29, 0.717) is 0 Å². The van der Waals surface area contributed by atoms with Crippen LogP contribution < -0.4 is 29.6 Å². The Labute approximate surface area is 80.5 Å². The molecule has 0 spiro atoms. The second kappa shape index (κ2) is 10.1. The molecule has 0 aromatic carbocycles. The first kappa shape index (κ1) is 15.7. The van der Waals surface area contributed by atoms with E-state index in [4.69, 9.17) is 13.3 Å². The Morgan fingerprint density at radius 1 is 1.33 bits per heavy atom. The summed E-state index contributed by atoms with van der Waals surface area (Å²) in [5, 5.41) is 0. The van der Waals surface area contributed by atoms with Crippen molar-refractivity contribution in [1.82, 2.24) is 0 Å². The van der Waals surface area contributed by atoms with E-state index in [1.165, 1.54) is 0 Å². The van der Waals surface area contributed by atoms with E-state index in [2.05, 4.69) is 0 Å². The zero-order chi connectivity index (χ0) is 3.58.